The average Bonchev–Trinajstić information content (AvgIpc) is 3.54. The van der Waals surface area contributed by atoms with Gasteiger partial charge in [0.25, 0.3) is 5.91 Å². The van der Waals surface area contributed by atoms with Gasteiger partial charge in [-0.15, -0.1) is 0 Å². The summed E-state index contributed by atoms with van der Waals surface area (Å²) in [6.07, 6.45) is 3.73. The number of carbonyl (C=O) groups excluding carboxylic acids is 1. The van der Waals surface area contributed by atoms with Crippen LogP contribution in [-0.2, 0) is 13.6 Å². The summed E-state index contributed by atoms with van der Waals surface area (Å²) in [6, 6.07) is 14.4. The summed E-state index contributed by atoms with van der Waals surface area (Å²) in [5.41, 5.74) is 3.74. The van der Waals surface area contributed by atoms with Gasteiger partial charge in [0.2, 0.25) is 0 Å². The number of nitrogens with zero attached hydrogens (tertiary/aromatic N) is 8. The molecular formula is C26H25N9O2. The van der Waals surface area contributed by atoms with E-state index in [4.69, 9.17) is 10.4 Å². The fourth-order valence-corrected chi connectivity index (χ4v) is 4.33. The van der Waals surface area contributed by atoms with E-state index >= 15 is 0 Å². The van der Waals surface area contributed by atoms with Crippen molar-refractivity contribution >= 4 is 17.4 Å². The number of hydrogen-bond acceptors (Lipinski definition) is 8. The molecule has 1 atom stereocenters. The number of rotatable bonds is 5. The van der Waals surface area contributed by atoms with Gasteiger partial charge in [0, 0.05) is 51.6 Å². The Kier molecular flexibility index (Phi) is 6.45. The van der Waals surface area contributed by atoms with Crippen molar-refractivity contribution in [2.24, 2.45) is 7.05 Å². The standard InChI is InChI=1S/C26H25N9O2/c1-32-10-11-34(17-20(32)8-12-36)25-14-22(26(37)28-16-19-5-3-18(15-27)4-6-19)30-24-13-21(31-35(24)25)23-7-9-29-33(23)2/h3-7,9,13-14,20,36H,10-11,16-17H2,1-2H3,(H,28,37). The lowest BCUT2D eigenvalue weighted by Gasteiger charge is -2.38. The van der Waals surface area contributed by atoms with Crippen LogP contribution in [0.4, 0.5) is 5.82 Å². The van der Waals surface area contributed by atoms with Gasteiger partial charge < -0.3 is 15.3 Å². The van der Waals surface area contributed by atoms with E-state index in [2.05, 4.69) is 37.2 Å². The van der Waals surface area contributed by atoms with Crippen LogP contribution in [0.2, 0.25) is 0 Å². The molecule has 4 heterocycles. The van der Waals surface area contributed by atoms with Crippen LogP contribution < -0.4 is 10.2 Å². The molecule has 0 aliphatic carbocycles. The van der Waals surface area contributed by atoms with Crippen molar-refractivity contribution in [1.82, 2.24) is 34.6 Å². The largest absolute Gasteiger partial charge is 0.462 e. The van der Waals surface area contributed by atoms with Gasteiger partial charge in [-0.2, -0.15) is 20.0 Å². The number of fused-ring (bicyclic) bond motifs is 1. The van der Waals surface area contributed by atoms with Gasteiger partial charge in [-0.25, -0.2) is 4.98 Å². The van der Waals surface area contributed by atoms with E-state index in [9.17, 15) is 9.90 Å². The number of piperazine rings is 1. The van der Waals surface area contributed by atoms with E-state index in [0.717, 1.165) is 17.8 Å². The van der Waals surface area contributed by atoms with Crippen molar-refractivity contribution in [1.29, 1.82) is 5.26 Å². The third-order valence-corrected chi connectivity index (χ3v) is 6.46. The van der Waals surface area contributed by atoms with E-state index in [1.54, 1.807) is 33.6 Å². The van der Waals surface area contributed by atoms with Gasteiger partial charge in [0.05, 0.1) is 23.4 Å². The molecule has 5 rings (SSSR count). The lowest BCUT2D eigenvalue weighted by atomic mass is 10.1. The Hall–Kier alpha value is -4.87. The van der Waals surface area contributed by atoms with Gasteiger partial charge >= 0.3 is 0 Å². The molecule has 1 fully saturated rings. The average molecular weight is 496 g/mol. The summed E-state index contributed by atoms with van der Waals surface area (Å²) >= 11 is 0. The van der Waals surface area contributed by atoms with E-state index < -0.39 is 0 Å². The molecule has 0 radical (unpaired) electrons. The smallest absolute Gasteiger partial charge is 0.270 e. The Bertz CT molecular complexity index is 1550. The molecule has 0 saturated carbocycles. The molecule has 4 aromatic rings. The second-order valence-electron chi connectivity index (χ2n) is 8.83. The Morgan fingerprint density at radius 2 is 2.00 bits per heavy atom. The minimum Gasteiger partial charge on any atom is -0.462 e. The van der Waals surface area contributed by atoms with Gasteiger partial charge in [-0.1, -0.05) is 12.1 Å². The fourth-order valence-electron chi connectivity index (χ4n) is 4.33. The highest BCUT2D eigenvalue weighted by Gasteiger charge is 2.27. The summed E-state index contributed by atoms with van der Waals surface area (Å²) in [4.78, 5) is 22.0. The number of aromatic nitrogens is 5. The number of benzene rings is 1. The van der Waals surface area contributed by atoms with Crippen LogP contribution in [-0.4, -0.2) is 73.0 Å². The molecule has 1 saturated heterocycles. The topological polar surface area (TPSA) is 128 Å². The first-order valence-corrected chi connectivity index (χ1v) is 11.7. The number of anilines is 1. The molecule has 11 heteroatoms. The zero-order valence-corrected chi connectivity index (χ0v) is 20.5. The molecule has 0 spiro atoms. The van der Waals surface area contributed by atoms with Gasteiger partial charge in [-0.05, 0) is 36.7 Å². The number of nitriles is 1. The van der Waals surface area contributed by atoms with Crippen LogP contribution in [0, 0.1) is 23.4 Å². The molecule has 1 unspecified atom stereocenters. The molecule has 186 valence electrons. The van der Waals surface area contributed by atoms with Crippen molar-refractivity contribution < 1.29 is 9.90 Å². The number of aliphatic hydroxyl groups excluding tert-OH is 1. The van der Waals surface area contributed by atoms with Gasteiger partial charge in [-0.3, -0.25) is 14.4 Å². The third-order valence-electron chi connectivity index (χ3n) is 6.46. The van der Waals surface area contributed by atoms with E-state index in [1.807, 2.05) is 44.5 Å². The van der Waals surface area contributed by atoms with Crippen LogP contribution in [0.3, 0.4) is 0 Å². The quantitative estimate of drug-likeness (QED) is 0.398. The lowest BCUT2D eigenvalue weighted by Crippen LogP contribution is -2.51. The lowest BCUT2D eigenvalue weighted by molar-refractivity contribution is 0.0946. The first kappa shape index (κ1) is 23.9. The molecule has 3 aromatic heterocycles. The van der Waals surface area contributed by atoms with Crippen molar-refractivity contribution in [3.05, 3.63) is 65.5 Å². The first-order chi connectivity index (χ1) is 18.0. The van der Waals surface area contributed by atoms with E-state index in [1.165, 1.54) is 0 Å². The molecule has 11 nitrogen and oxygen atoms in total. The summed E-state index contributed by atoms with van der Waals surface area (Å²) < 4.78 is 3.46. The Labute approximate surface area is 213 Å². The number of aryl methyl sites for hydroxylation is 1. The maximum absolute atomic E-state index is 13.2. The minimum atomic E-state index is -0.322. The predicted octanol–water partition coefficient (Wildman–Crippen LogP) is 1.39. The van der Waals surface area contributed by atoms with Crippen LogP contribution in [0.15, 0.2) is 48.7 Å². The van der Waals surface area contributed by atoms with Crippen molar-refractivity contribution in [2.45, 2.75) is 12.6 Å². The number of amides is 1. The SMILES string of the molecule is CN1CCN(c2cc(C(=O)NCc3ccc(C#N)cc3)nc3cc(-c4ccnn4C)nn23)CC1C#CO. The molecule has 1 aliphatic heterocycles. The minimum absolute atomic E-state index is 0.178. The molecule has 1 amide bonds. The highest BCUT2D eigenvalue weighted by Crippen LogP contribution is 2.25. The van der Waals surface area contributed by atoms with E-state index in [0.29, 0.717) is 42.4 Å². The highest BCUT2D eigenvalue weighted by molar-refractivity contribution is 5.93. The van der Waals surface area contributed by atoms with Gasteiger partial charge in [0.15, 0.2) is 5.65 Å². The van der Waals surface area contributed by atoms with Crippen LogP contribution in [0.25, 0.3) is 17.0 Å². The first-order valence-electron chi connectivity index (χ1n) is 11.7. The van der Waals surface area contributed by atoms with Crippen molar-refractivity contribution in [3.63, 3.8) is 0 Å². The summed E-state index contributed by atoms with van der Waals surface area (Å²) in [7, 11) is 3.80. The summed E-state index contributed by atoms with van der Waals surface area (Å²) in [5.74, 6) is 3.22. The second kappa shape index (κ2) is 10.0. The zero-order chi connectivity index (χ0) is 25.9. The molecular weight excluding hydrogens is 470 g/mol. The van der Waals surface area contributed by atoms with Crippen molar-refractivity contribution in [2.75, 3.05) is 31.6 Å². The van der Waals surface area contributed by atoms with E-state index in [-0.39, 0.29) is 17.6 Å². The number of nitrogens with one attached hydrogen (secondary N) is 1. The van der Waals surface area contributed by atoms with Crippen LogP contribution in [0.1, 0.15) is 21.6 Å². The molecule has 0 bridgehead atoms. The number of hydrogen-bond donors (Lipinski definition) is 2. The second-order valence-corrected chi connectivity index (χ2v) is 8.83. The monoisotopic (exact) mass is 495 g/mol. The summed E-state index contributed by atoms with van der Waals surface area (Å²) in [6.45, 7) is 2.23. The molecule has 1 aliphatic rings. The molecule has 37 heavy (non-hydrogen) atoms. The normalized spacial score (nSPS) is 15.7. The fraction of sp³-hybridized carbons (Fsp3) is 0.269. The molecule has 2 N–H and O–H groups in total. The number of aliphatic hydroxyl groups is 1. The van der Waals surface area contributed by atoms with Crippen LogP contribution >= 0.6 is 0 Å². The predicted molar refractivity (Wildman–Crippen MR) is 136 cm³/mol. The highest BCUT2D eigenvalue weighted by atomic mass is 16.2. The maximum atomic E-state index is 13.2. The third kappa shape index (κ3) is 4.81. The Balaban J connectivity index is 1.50. The molecule has 1 aromatic carbocycles. The number of carbonyl (C=O) groups is 1. The zero-order valence-electron chi connectivity index (χ0n) is 20.5. The Morgan fingerprint density at radius 3 is 2.70 bits per heavy atom. The van der Waals surface area contributed by atoms with Crippen LogP contribution in [0.5, 0.6) is 0 Å². The van der Waals surface area contributed by atoms with Gasteiger partial charge in [0.1, 0.15) is 23.3 Å². The maximum Gasteiger partial charge on any atom is 0.270 e. The van der Waals surface area contributed by atoms with Crippen molar-refractivity contribution in [3.8, 4) is 29.5 Å². The Morgan fingerprint density at radius 1 is 1.19 bits per heavy atom. The summed E-state index contributed by atoms with van der Waals surface area (Å²) in [5, 5.41) is 30.1. The number of likely N-dealkylation sites (N-methyl/N-ethyl adjacent to an activating group) is 1.